The molecule has 2 heterocycles. The summed E-state index contributed by atoms with van der Waals surface area (Å²) in [6, 6.07) is 6.18. The van der Waals surface area contributed by atoms with E-state index in [4.69, 9.17) is 14.5 Å². The summed E-state index contributed by atoms with van der Waals surface area (Å²) in [5.74, 6) is 1.90. The van der Waals surface area contributed by atoms with Crippen LogP contribution in [-0.4, -0.2) is 74.2 Å². The summed E-state index contributed by atoms with van der Waals surface area (Å²) in [5, 5.41) is 3.38. The van der Waals surface area contributed by atoms with E-state index in [9.17, 15) is 4.79 Å². The number of ether oxygens (including phenoxy) is 2. The quantitative estimate of drug-likeness (QED) is 0.370. The minimum absolute atomic E-state index is 0. The molecule has 1 aromatic carbocycles. The number of methoxy groups -OCH3 is 1. The maximum atomic E-state index is 12.5. The molecule has 2 aliphatic heterocycles. The number of hydrogen-bond acceptors (Lipinski definition) is 4. The number of amides is 1. The van der Waals surface area contributed by atoms with Crippen LogP contribution in [0.15, 0.2) is 23.2 Å². The topological polar surface area (TPSA) is 66.4 Å². The number of hydrogen-bond donors (Lipinski definition) is 1. The predicted molar refractivity (Wildman–Crippen MR) is 125 cm³/mol. The fraction of sp³-hybridized carbons (Fsp3) is 0.619. The van der Waals surface area contributed by atoms with E-state index in [2.05, 4.69) is 30.1 Å². The number of carbonyl (C=O) groups excluding carboxylic acids is 1. The Labute approximate surface area is 190 Å². The maximum absolute atomic E-state index is 12.5. The zero-order valence-corrected chi connectivity index (χ0v) is 20.0. The van der Waals surface area contributed by atoms with Gasteiger partial charge in [-0.2, -0.15) is 0 Å². The van der Waals surface area contributed by atoms with Crippen LogP contribution in [-0.2, 0) is 16.1 Å². The van der Waals surface area contributed by atoms with Crippen LogP contribution in [0.5, 0.6) is 5.75 Å². The molecule has 1 amide bonds. The van der Waals surface area contributed by atoms with Crippen molar-refractivity contribution in [3.8, 4) is 5.75 Å². The van der Waals surface area contributed by atoms with Crippen LogP contribution >= 0.6 is 24.0 Å². The first-order valence-electron chi connectivity index (χ1n) is 10.2. The predicted octanol–water partition coefficient (Wildman–Crippen LogP) is 2.41. The highest BCUT2D eigenvalue weighted by Crippen LogP contribution is 2.18. The number of halogens is 1. The molecule has 1 atom stereocenters. The van der Waals surface area contributed by atoms with Gasteiger partial charge in [-0.25, -0.2) is 4.99 Å². The molecule has 1 unspecified atom stereocenters. The van der Waals surface area contributed by atoms with Crippen molar-refractivity contribution in [2.75, 3.05) is 46.4 Å². The summed E-state index contributed by atoms with van der Waals surface area (Å²) >= 11 is 0. The number of aliphatic imine (C=N–C) groups is 1. The zero-order chi connectivity index (χ0) is 19.9. The van der Waals surface area contributed by atoms with Gasteiger partial charge in [0.25, 0.3) is 5.91 Å². The van der Waals surface area contributed by atoms with Gasteiger partial charge in [0.15, 0.2) is 5.96 Å². The Balaban J connectivity index is 0.00000300. The van der Waals surface area contributed by atoms with Gasteiger partial charge in [-0.1, -0.05) is 6.07 Å². The second kappa shape index (κ2) is 11.6. The van der Waals surface area contributed by atoms with Gasteiger partial charge in [0.05, 0.1) is 13.7 Å². The van der Waals surface area contributed by atoms with Crippen molar-refractivity contribution in [1.82, 2.24) is 15.1 Å². The lowest BCUT2D eigenvalue weighted by atomic mass is 10.1. The smallest absolute Gasteiger partial charge is 0.251 e. The summed E-state index contributed by atoms with van der Waals surface area (Å²) in [5.41, 5.74) is 2.29. The van der Waals surface area contributed by atoms with E-state index in [1.54, 1.807) is 7.11 Å². The number of guanidine groups is 1. The Kier molecular flexibility index (Phi) is 9.48. The molecule has 1 N–H and O–H groups in total. The molecule has 2 aliphatic rings. The number of nitrogens with zero attached hydrogens (tertiary/aromatic N) is 3. The first-order valence-corrected chi connectivity index (χ1v) is 10.2. The zero-order valence-electron chi connectivity index (χ0n) is 17.6. The summed E-state index contributed by atoms with van der Waals surface area (Å²) in [7, 11) is 1.68. The molecule has 0 bridgehead atoms. The number of benzene rings is 1. The van der Waals surface area contributed by atoms with Crippen LogP contribution in [0.25, 0.3) is 0 Å². The van der Waals surface area contributed by atoms with Crippen LogP contribution in [0.4, 0.5) is 0 Å². The highest BCUT2D eigenvalue weighted by molar-refractivity contribution is 14.0. The van der Waals surface area contributed by atoms with E-state index in [0.29, 0.717) is 26.2 Å². The van der Waals surface area contributed by atoms with Gasteiger partial charge in [-0.05, 0) is 49.9 Å². The molecule has 1 aromatic rings. The molecule has 0 radical (unpaired) electrons. The van der Waals surface area contributed by atoms with E-state index in [1.165, 1.54) is 0 Å². The van der Waals surface area contributed by atoms with Crippen LogP contribution in [0, 0.1) is 6.92 Å². The Morgan fingerprint density at radius 1 is 1.24 bits per heavy atom. The molecule has 162 valence electrons. The Morgan fingerprint density at radius 3 is 2.59 bits per heavy atom. The largest absolute Gasteiger partial charge is 0.497 e. The van der Waals surface area contributed by atoms with Crippen molar-refractivity contribution in [1.29, 1.82) is 0 Å². The Hall–Kier alpha value is -1.55. The van der Waals surface area contributed by atoms with Crippen molar-refractivity contribution in [3.63, 3.8) is 0 Å². The summed E-state index contributed by atoms with van der Waals surface area (Å²) in [6.07, 6.45) is 1.60. The molecule has 8 heteroatoms. The van der Waals surface area contributed by atoms with Gasteiger partial charge in [-0.3, -0.25) is 4.79 Å². The molecule has 2 saturated heterocycles. The van der Waals surface area contributed by atoms with E-state index < -0.39 is 0 Å². The van der Waals surface area contributed by atoms with E-state index in [1.807, 2.05) is 17.0 Å². The van der Waals surface area contributed by atoms with Crippen molar-refractivity contribution < 1.29 is 14.3 Å². The first kappa shape index (κ1) is 23.7. The van der Waals surface area contributed by atoms with Crippen molar-refractivity contribution in [2.45, 2.75) is 39.3 Å². The second-order valence-corrected chi connectivity index (χ2v) is 7.34. The van der Waals surface area contributed by atoms with E-state index in [0.717, 1.165) is 55.3 Å². The number of rotatable bonds is 5. The van der Waals surface area contributed by atoms with Gasteiger partial charge < -0.3 is 24.6 Å². The molecule has 7 nitrogen and oxygen atoms in total. The maximum Gasteiger partial charge on any atom is 0.251 e. The van der Waals surface area contributed by atoms with Crippen molar-refractivity contribution in [2.24, 2.45) is 4.99 Å². The fourth-order valence-electron chi connectivity index (χ4n) is 3.74. The van der Waals surface area contributed by atoms with Crippen LogP contribution < -0.4 is 10.1 Å². The summed E-state index contributed by atoms with van der Waals surface area (Å²) < 4.78 is 10.9. The number of nitrogens with one attached hydrogen (secondary N) is 1. The van der Waals surface area contributed by atoms with Gasteiger partial charge >= 0.3 is 0 Å². The highest BCUT2D eigenvalue weighted by atomic mass is 127. The Morgan fingerprint density at radius 2 is 1.97 bits per heavy atom. The molecular formula is C21H33IN4O3. The minimum atomic E-state index is -0.232. The fourth-order valence-corrected chi connectivity index (χ4v) is 3.74. The number of carbonyl (C=O) groups is 1. The van der Waals surface area contributed by atoms with Crippen molar-refractivity contribution in [3.05, 3.63) is 29.3 Å². The lowest BCUT2D eigenvalue weighted by molar-refractivity contribution is -0.142. The van der Waals surface area contributed by atoms with E-state index >= 15 is 0 Å². The molecule has 29 heavy (non-hydrogen) atoms. The molecular weight excluding hydrogens is 483 g/mol. The molecule has 2 fully saturated rings. The van der Waals surface area contributed by atoms with E-state index in [-0.39, 0.29) is 36.0 Å². The first-order chi connectivity index (χ1) is 13.6. The van der Waals surface area contributed by atoms with Crippen molar-refractivity contribution >= 4 is 35.8 Å². The van der Waals surface area contributed by atoms with Gasteiger partial charge in [0, 0.05) is 39.3 Å². The molecule has 0 aromatic heterocycles. The van der Waals surface area contributed by atoms with Gasteiger partial charge in [-0.15, -0.1) is 24.0 Å². The number of aryl methyl sites for hydroxylation is 1. The monoisotopic (exact) mass is 516 g/mol. The summed E-state index contributed by atoms with van der Waals surface area (Å²) in [4.78, 5) is 21.5. The number of piperazine rings is 1. The molecule has 3 rings (SSSR count). The Bertz CT molecular complexity index is 699. The third kappa shape index (κ3) is 6.47. The third-order valence-corrected chi connectivity index (χ3v) is 5.19. The summed E-state index contributed by atoms with van der Waals surface area (Å²) in [6.45, 7) is 9.22. The average Bonchev–Trinajstić information content (AvgIpc) is 3.25. The molecule has 0 spiro atoms. The third-order valence-electron chi connectivity index (χ3n) is 5.19. The lowest BCUT2D eigenvalue weighted by Crippen LogP contribution is -2.55. The van der Waals surface area contributed by atoms with Gasteiger partial charge in [0.2, 0.25) is 0 Å². The molecule has 0 aliphatic carbocycles. The lowest BCUT2D eigenvalue weighted by Gasteiger charge is -2.37. The molecule has 0 saturated carbocycles. The highest BCUT2D eigenvalue weighted by Gasteiger charge is 2.30. The minimum Gasteiger partial charge on any atom is -0.497 e. The second-order valence-electron chi connectivity index (χ2n) is 7.34. The SMILES string of the molecule is CCNC(=NCc1cc(C)cc(OC)c1)N1CCN(C(=O)C2CCCO2)CC1.I. The van der Waals surface area contributed by atoms with Crippen LogP contribution in [0.2, 0.25) is 0 Å². The average molecular weight is 516 g/mol. The van der Waals surface area contributed by atoms with Crippen LogP contribution in [0.3, 0.4) is 0 Å². The standard InChI is InChI=1S/C21H32N4O3.HI/c1-4-22-21(23-15-17-12-16(2)13-18(14-17)27-3)25-9-7-24(8-10-25)20(26)19-6-5-11-28-19;/h12-14,19H,4-11,15H2,1-3H3,(H,22,23);1H. The normalized spacial score (nSPS) is 19.7. The van der Waals surface area contributed by atoms with Gasteiger partial charge in [0.1, 0.15) is 11.9 Å². The van der Waals surface area contributed by atoms with Crippen LogP contribution in [0.1, 0.15) is 30.9 Å².